The van der Waals surface area contributed by atoms with Crippen LogP contribution in [0.3, 0.4) is 0 Å². The largest absolute Gasteiger partial charge is 0.478 e. The predicted octanol–water partition coefficient (Wildman–Crippen LogP) is 1.27. The minimum Gasteiger partial charge on any atom is -0.478 e. The third-order valence-electron chi connectivity index (χ3n) is 2.45. The summed E-state index contributed by atoms with van der Waals surface area (Å²) in [4.78, 5) is 10.8. The van der Waals surface area contributed by atoms with Gasteiger partial charge in [0.2, 0.25) is 0 Å². The Hall–Kier alpha value is -1.05. The fourth-order valence-corrected chi connectivity index (χ4v) is 3.95. The first kappa shape index (κ1) is 16.0. The minimum absolute atomic E-state index is 0.000780. The number of hydrogen-bond acceptors (Lipinski definition) is 5. The van der Waals surface area contributed by atoms with Crippen LogP contribution < -0.4 is 0 Å². The van der Waals surface area contributed by atoms with E-state index in [4.69, 9.17) is 10.2 Å². The number of carbonyl (C=O) groups is 1. The number of aromatic carboxylic acids is 1. The van der Waals surface area contributed by atoms with Crippen molar-refractivity contribution in [3.63, 3.8) is 0 Å². The highest BCUT2D eigenvalue weighted by Gasteiger charge is 2.16. The number of hydrogen-bond donors (Lipinski definition) is 2. The van der Waals surface area contributed by atoms with Crippen LogP contribution in [0.1, 0.15) is 17.3 Å². The third-order valence-corrected chi connectivity index (χ3v) is 5.58. The van der Waals surface area contributed by atoms with Crippen LogP contribution in [0.25, 0.3) is 0 Å². The van der Waals surface area contributed by atoms with Gasteiger partial charge in [-0.1, -0.05) is 13.0 Å². The molecule has 1 rings (SSSR count). The van der Waals surface area contributed by atoms with Crippen LogP contribution in [0.5, 0.6) is 0 Å². The molecule has 0 spiro atoms. The topological polar surface area (TPSA) is 91.7 Å². The monoisotopic (exact) mass is 304 g/mol. The van der Waals surface area contributed by atoms with E-state index in [1.54, 1.807) is 0 Å². The highest BCUT2D eigenvalue weighted by molar-refractivity contribution is 8.01. The molecule has 1 aromatic rings. The number of carboxylic acids is 1. The maximum atomic E-state index is 12.0. The molecule has 0 heterocycles. The van der Waals surface area contributed by atoms with E-state index in [0.29, 0.717) is 5.75 Å². The van der Waals surface area contributed by atoms with E-state index in [0.717, 1.165) is 6.07 Å². The zero-order chi connectivity index (χ0) is 14.5. The van der Waals surface area contributed by atoms with Crippen molar-refractivity contribution in [2.24, 2.45) is 0 Å². The lowest BCUT2D eigenvalue weighted by molar-refractivity contribution is 0.0696. The summed E-state index contributed by atoms with van der Waals surface area (Å²) in [5.41, 5.74) is -0.0440. The van der Waals surface area contributed by atoms with Crippen molar-refractivity contribution < 1.29 is 23.4 Å². The summed E-state index contributed by atoms with van der Waals surface area (Å²) in [7, 11) is -3.49. The van der Waals surface area contributed by atoms with Gasteiger partial charge in [0, 0.05) is 11.0 Å². The highest BCUT2D eigenvalue weighted by atomic mass is 32.2. The van der Waals surface area contributed by atoms with E-state index in [1.165, 1.54) is 30.0 Å². The molecule has 0 saturated heterocycles. The number of aliphatic hydroxyl groups is 1. The van der Waals surface area contributed by atoms with Crippen LogP contribution in [0.2, 0.25) is 0 Å². The molecule has 2 N–H and O–H groups in total. The van der Waals surface area contributed by atoms with Crippen LogP contribution in [-0.2, 0) is 9.84 Å². The van der Waals surface area contributed by atoms with Crippen molar-refractivity contribution in [1.82, 2.24) is 0 Å². The van der Waals surface area contributed by atoms with Gasteiger partial charge in [0.15, 0.2) is 9.84 Å². The lowest BCUT2D eigenvalue weighted by atomic mass is 10.2. The van der Waals surface area contributed by atoms with Gasteiger partial charge in [-0.3, -0.25) is 0 Å². The number of benzene rings is 1. The Balaban J connectivity index is 2.77. The van der Waals surface area contributed by atoms with Gasteiger partial charge in [-0.05, 0) is 18.2 Å². The van der Waals surface area contributed by atoms with Gasteiger partial charge >= 0.3 is 5.97 Å². The molecular weight excluding hydrogens is 288 g/mol. The average molecular weight is 304 g/mol. The lowest BCUT2D eigenvalue weighted by Crippen LogP contribution is -2.12. The van der Waals surface area contributed by atoms with E-state index in [2.05, 4.69) is 0 Å². The molecule has 0 bridgehead atoms. The maximum Gasteiger partial charge on any atom is 0.335 e. The summed E-state index contributed by atoms with van der Waals surface area (Å²) in [5, 5.41) is 17.7. The predicted molar refractivity (Wildman–Crippen MR) is 74.5 cm³/mol. The molecule has 0 radical (unpaired) electrons. The van der Waals surface area contributed by atoms with Crippen LogP contribution in [-0.4, -0.2) is 48.0 Å². The molecule has 0 aliphatic heterocycles. The Bertz CT molecular complexity index is 539. The number of thioether (sulfide) groups is 1. The van der Waals surface area contributed by atoms with Gasteiger partial charge in [-0.2, -0.15) is 11.8 Å². The van der Waals surface area contributed by atoms with E-state index >= 15 is 0 Å². The number of sulfone groups is 1. The van der Waals surface area contributed by atoms with E-state index in [-0.39, 0.29) is 28.1 Å². The fraction of sp³-hybridized carbons (Fsp3) is 0.417. The smallest absolute Gasteiger partial charge is 0.335 e. The molecule has 0 aliphatic carbocycles. The minimum atomic E-state index is -3.49. The van der Waals surface area contributed by atoms with E-state index in [9.17, 15) is 13.2 Å². The lowest BCUT2D eigenvalue weighted by Gasteiger charge is -2.08. The summed E-state index contributed by atoms with van der Waals surface area (Å²) in [5.74, 6) is -0.868. The van der Waals surface area contributed by atoms with Crippen molar-refractivity contribution in [2.75, 3.05) is 18.1 Å². The Morgan fingerprint density at radius 3 is 2.68 bits per heavy atom. The van der Waals surface area contributed by atoms with Gasteiger partial charge in [0.1, 0.15) is 0 Å². The summed E-state index contributed by atoms with van der Waals surface area (Å²) < 4.78 is 24.0. The second-order valence-corrected chi connectivity index (χ2v) is 7.67. The number of rotatable bonds is 7. The first-order valence-corrected chi connectivity index (χ1v) is 8.35. The Labute approximate surface area is 116 Å². The first-order valence-electron chi connectivity index (χ1n) is 5.65. The average Bonchev–Trinajstić information content (AvgIpc) is 2.38. The third kappa shape index (κ3) is 4.85. The molecule has 0 aliphatic rings. The van der Waals surface area contributed by atoms with Gasteiger partial charge in [0.05, 0.1) is 22.8 Å². The fourth-order valence-electron chi connectivity index (χ4n) is 1.35. The molecule has 1 unspecified atom stereocenters. The Morgan fingerprint density at radius 1 is 1.42 bits per heavy atom. The Kier molecular flexibility index (Phi) is 5.84. The molecule has 106 valence electrons. The molecule has 5 nitrogen and oxygen atoms in total. The van der Waals surface area contributed by atoms with Crippen molar-refractivity contribution in [1.29, 1.82) is 0 Å². The molecule has 0 amide bonds. The zero-order valence-electron chi connectivity index (χ0n) is 10.4. The molecule has 0 fully saturated rings. The molecule has 7 heteroatoms. The molecule has 1 atom stereocenters. The highest BCUT2D eigenvalue weighted by Crippen LogP contribution is 2.16. The van der Waals surface area contributed by atoms with Crippen molar-refractivity contribution in [3.05, 3.63) is 29.8 Å². The maximum absolute atomic E-state index is 12.0. The van der Waals surface area contributed by atoms with Gasteiger partial charge in [0.25, 0.3) is 0 Å². The van der Waals surface area contributed by atoms with Crippen LogP contribution >= 0.6 is 11.8 Å². The SMILES string of the molecule is CC(CO)SCCS(=O)(=O)c1cccc(C(=O)O)c1. The molecular formula is C12H16O5S2. The molecule has 0 aromatic heterocycles. The van der Waals surface area contributed by atoms with Gasteiger partial charge in [-0.25, -0.2) is 13.2 Å². The van der Waals surface area contributed by atoms with E-state index in [1.807, 2.05) is 6.92 Å². The normalized spacial score (nSPS) is 13.2. The van der Waals surface area contributed by atoms with Crippen molar-refractivity contribution in [3.8, 4) is 0 Å². The summed E-state index contributed by atoms with van der Waals surface area (Å²) >= 11 is 1.36. The summed E-state index contributed by atoms with van der Waals surface area (Å²) in [6, 6.07) is 5.32. The first-order chi connectivity index (χ1) is 8.86. The molecule has 0 saturated carbocycles. The van der Waals surface area contributed by atoms with Crippen LogP contribution in [0.15, 0.2) is 29.2 Å². The summed E-state index contributed by atoms with van der Waals surface area (Å²) in [6.45, 7) is 1.81. The number of aliphatic hydroxyl groups excluding tert-OH is 1. The molecule has 1 aromatic carbocycles. The quantitative estimate of drug-likeness (QED) is 0.788. The molecule has 19 heavy (non-hydrogen) atoms. The standard InChI is InChI=1S/C12H16O5S2/c1-9(8-13)18-5-6-19(16,17)11-4-2-3-10(7-11)12(14)15/h2-4,7,9,13H,5-6,8H2,1H3,(H,14,15). The van der Waals surface area contributed by atoms with Crippen LogP contribution in [0.4, 0.5) is 0 Å². The van der Waals surface area contributed by atoms with Crippen molar-refractivity contribution in [2.45, 2.75) is 17.1 Å². The van der Waals surface area contributed by atoms with Gasteiger partial charge < -0.3 is 10.2 Å². The zero-order valence-corrected chi connectivity index (χ0v) is 12.1. The Morgan fingerprint density at radius 2 is 2.11 bits per heavy atom. The van der Waals surface area contributed by atoms with Gasteiger partial charge in [-0.15, -0.1) is 0 Å². The van der Waals surface area contributed by atoms with Crippen molar-refractivity contribution >= 4 is 27.6 Å². The number of carboxylic acid groups (broad SMARTS) is 1. The second-order valence-electron chi connectivity index (χ2n) is 4.02. The van der Waals surface area contributed by atoms with E-state index < -0.39 is 15.8 Å². The summed E-state index contributed by atoms with van der Waals surface area (Å²) in [6.07, 6.45) is 0. The van der Waals surface area contributed by atoms with Crippen LogP contribution in [0, 0.1) is 0 Å². The second kappa shape index (κ2) is 6.93.